The Balaban J connectivity index is 1.85. The third-order valence-corrected chi connectivity index (χ3v) is 6.41. The number of nitrogens with zero attached hydrogens (tertiary/aromatic N) is 7. The lowest BCUT2D eigenvalue weighted by molar-refractivity contribution is -0.384. The number of aliphatic hydroxyl groups excluding tert-OH is 1. The number of alkyl halides is 1. The average molecular weight is 533 g/mol. The fraction of sp³-hybridized carbons (Fsp3) is 0.438. The summed E-state index contributed by atoms with van der Waals surface area (Å²) in [4.78, 5) is 17.2. The maximum absolute atomic E-state index is 14.4. The van der Waals surface area contributed by atoms with Crippen LogP contribution in [0.2, 0.25) is 0 Å². The highest BCUT2D eigenvalue weighted by atomic mass is 127. The summed E-state index contributed by atoms with van der Waals surface area (Å²) in [7, 11) is 0. The topological polar surface area (TPSA) is 115 Å². The second-order valence-electron chi connectivity index (χ2n) is 7.49. The lowest BCUT2D eigenvalue weighted by Gasteiger charge is -2.36. The van der Waals surface area contributed by atoms with E-state index in [9.17, 15) is 19.6 Å². The van der Waals surface area contributed by atoms with E-state index in [1.54, 1.807) is 16.9 Å². The van der Waals surface area contributed by atoms with E-state index in [0.29, 0.717) is 35.5 Å². The van der Waals surface area contributed by atoms with Crippen molar-refractivity contribution in [3.05, 3.63) is 28.6 Å². The number of rotatable bonds is 6. The van der Waals surface area contributed by atoms with E-state index in [1.165, 1.54) is 24.5 Å². The van der Waals surface area contributed by atoms with Gasteiger partial charge in [0.05, 0.1) is 40.5 Å². The van der Waals surface area contributed by atoms with Gasteiger partial charge in [-0.25, -0.2) is 8.84 Å². The summed E-state index contributed by atoms with van der Waals surface area (Å²) in [5.74, 6) is 0.613. The van der Waals surface area contributed by atoms with Crippen LogP contribution in [-0.2, 0) is 6.54 Å². The number of aromatic nitrogens is 5. The van der Waals surface area contributed by atoms with E-state index in [1.807, 2.05) is 4.90 Å². The molecule has 4 rings (SSSR count). The number of fused-ring (bicyclic) bond motifs is 1. The van der Waals surface area contributed by atoms with Gasteiger partial charge in [-0.1, -0.05) is 0 Å². The molecule has 1 fully saturated rings. The molecule has 29 heavy (non-hydrogen) atoms. The summed E-state index contributed by atoms with van der Waals surface area (Å²) < 4.78 is 17.4. The Bertz CT molecular complexity index is 1090. The first-order chi connectivity index (χ1) is 13.7. The Labute approximate surface area is 179 Å². The van der Waals surface area contributed by atoms with Gasteiger partial charge < -0.3 is 10.0 Å². The van der Waals surface area contributed by atoms with Crippen molar-refractivity contribution in [2.24, 2.45) is 0 Å². The molecule has 10 nitrogen and oxygen atoms in total. The quantitative estimate of drug-likeness (QED) is 0.224. The van der Waals surface area contributed by atoms with Crippen LogP contribution >= 0.6 is 28.4 Å². The first kappa shape index (κ1) is 20.4. The average Bonchev–Trinajstić information content (AvgIpc) is 3.19. The summed E-state index contributed by atoms with van der Waals surface area (Å²) >= 11 is 2.09. The molecular weight excluding hydrogens is 515 g/mol. The molecule has 0 spiro atoms. The Morgan fingerprint density at radius 2 is 2.17 bits per heavy atom. The minimum Gasteiger partial charge on any atom is -0.389 e. The number of hydrogen-bond donors (Lipinski definition) is 1. The second kappa shape index (κ2) is 7.40. The second-order valence-corrected chi connectivity index (χ2v) is 9.57. The van der Waals surface area contributed by atoms with E-state index < -0.39 is 16.7 Å². The van der Waals surface area contributed by atoms with Crippen molar-refractivity contribution < 1.29 is 14.4 Å². The molecule has 154 valence electrons. The van der Waals surface area contributed by atoms with Crippen LogP contribution in [0.3, 0.4) is 0 Å². The molecule has 13 heteroatoms. The van der Waals surface area contributed by atoms with Gasteiger partial charge >= 0.3 is 5.69 Å². The molecule has 0 amide bonds. The molecule has 1 aliphatic rings. The van der Waals surface area contributed by atoms with E-state index in [0.717, 1.165) is 0 Å². The number of hydrogen-bond acceptors (Lipinski definition) is 7. The van der Waals surface area contributed by atoms with E-state index in [4.69, 9.17) is 0 Å². The lowest BCUT2D eigenvalue weighted by Crippen LogP contribution is -2.51. The number of pyridine rings is 1. The molecule has 0 saturated carbocycles. The molecule has 1 atom stereocenters. The number of nitro groups is 1. The largest absolute Gasteiger partial charge is 0.389 e. The summed E-state index contributed by atoms with van der Waals surface area (Å²) in [6.45, 7) is 3.82. The van der Waals surface area contributed by atoms with Crippen LogP contribution in [0.1, 0.15) is 13.8 Å². The van der Waals surface area contributed by atoms with E-state index >= 15 is 0 Å². The standard InChI is InChI=1S/C16H18FIN7O3P/c1-16(2,17)8-23-12-3-11(14-13(25(27)28)7-24(20-14)29-18)19-4-10(12)15(21-23)22-5-9(26)6-22/h3-4,7,9,26,29H,5-6,8H2,1-2H3. The highest BCUT2D eigenvalue weighted by molar-refractivity contribution is 14.2. The monoisotopic (exact) mass is 533 g/mol. The highest BCUT2D eigenvalue weighted by Gasteiger charge is 2.31. The molecule has 1 saturated heterocycles. The zero-order chi connectivity index (χ0) is 20.9. The Hall–Kier alpha value is -1.92. The molecular formula is C16H18FIN7O3P. The summed E-state index contributed by atoms with van der Waals surface area (Å²) in [5.41, 5.74) is -0.550. The van der Waals surface area contributed by atoms with Crippen LogP contribution in [0.25, 0.3) is 22.3 Å². The van der Waals surface area contributed by atoms with Crippen LogP contribution in [0.5, 0.6) is 0 Å². The SMILES string of the molecule is CC(C)(F)Cn1nc(N2CC(O)C2)c2cnc(-c3nn(PI)cc3[N+](=O)[O-])cc21. The molecule has 0 bridgehead atoms. The van der Waals surface area contributed by atoms with Crippen molar-refractivity contribution in [1.29, 1.82) is 0 Å². The Kier molecular flexibility index (Phi) is 5.20. The third kappa shape index (κ3) is 3.92. The van der Waals surface area contributed by atoms with Crippen molar-refractivity contribution in [3.8, 4) is 11.4 Å². The van der Waals surface area contributed by atoms with Crippen molar-refractivity contribution in [1.82, 2.24) is 24.3 Å². The normalized spacial score (nSPS) is 15.6. The number of aliphatic hydroxyl groups is 1. The van der Waals surface area contributed by atoms with Crippen molar-refractivity contribution >= 4 is 50.8 Å². The first-order valence-corrected chi connectivity index (χ1v) is 12.8. The zero-order valence-electron chi connectivity index (χ0n) is 15.6. The molecule has 3 aromatic heterocycles. The van der Waals surface area contributed by atoms with Gasteiger partial charge in [0.2, 0.25) is 0 Å². The molecule has 1 N–H and O–H groups in total. The summed E-state index contributed by atoms with van der Waals surface area (Å²) in [6.07, 6.45) is 2.75. The molecule has 3 aromatic rings. The van der Waals surface area contributed by atoms with Crippen LogP contribution in [-0.4, -0.2) is 59.2 Å². The van der Waals surface area contributed by atoms with Crippen molar-refractivity contribution in [2.75, 3.05) is 18.0 Å². The van der Waals surface area contributed by atoms with E-state index in [-0.39, 0.29) is 24.3 Å². The van der Waals surface area contributed by atoms with Gasteiger partial charge in [0, 0.05) is 19.3 Å². The smallest absolute Gasteiger partial charge is 0.316 e. The predicted molar refractivity (Wildman–Crippen MR) is 117 cm³/mol. The molecule has 0 aromatic carbocycles. The highest BCUT2D eigenvalue weighted by Crippen LogP contribution is 2.36. The van der Waals surface area contributed by atoms with Crippen LogP contribution in [0, 0.1) is 10.1 Å². The maximum atomic E-state index is 14.4. The zero-order valence-corrected chi connectivity index (χ0v) is 18.7. The van der Waals surface area contributed by atoms with Crippen molar-refractivity contribution in [2.45, 2.75) is 32.2 Å². The molecule has 4 heterocycles. The molecule has 0 radical (unpaired) electrons. The Morgan fingerprint density at radius 3 is 2.76 bits per heavy atom. The predicted octanol–water partition coefficient (Wildman–Crippen LogP) is 2.92. The van der Waals surface area contributed by atoms with Crippen LogP contribution in [0.15, 0.2) is 18.5 Å². The van der Waals surface area contributed by atoms with Crippen LogP contribution in [0.4, 0.5) is 15.9 Å². The first-order valence-electron chi connectivity index (χ1n) is 8.76. The van der Waals surface area contributed by atoms with Crippen molar-refractivity contribution in [3.63, 3.8) is 0 Å². The molecule has 1 aliphatic heterocycles. The van der Waals surface area contributed by atoms with Gasteiger partial charge in [0.25, 0.3) is 0 Å². The van der Waals surface area contributed by atoms with Gasteiger partial charge in [-0.3, -0.25) is 19.8 Å². The molecule has 1 unspecified atom stereocenters. The van der Waals surface area contributed by atoms with Gasteiger partial charge in [0.1, 0.15) is 11.9 Å². The minimum atomic E-state index is -1.51. The van der Waals surface area contributed by atoms with E-state index in [2.05, 4.69) is 37.2 Å². The number of anilines is 1. The van der Waals surface area contributed by atoms with Crippen LogP contribution < -0.4 is 4.90 Å². The maximum Gasteiger partial charge on any atom is 0.316 e. The molecule has 0 aliphatic carbocycles. The number of β-amino-alcohol motifs (C(OH)–C–C–N with tert-alkyl or cyclic N) is 1. The summed E-state index contributed by atoms with van der Waals surface area (Å²) in [5, 5.41) is 30.6. The fourth-order valence-electron chi connectivity index (χ4n) is 3.24. The third-order valence-electron chi connectivity index (χ3n) is 4.52. The summed E-state index contributed by atoms with van der Waals surface area (Å²) in [6, 6.07) is 1.66. The Morgan fingerprint density at radius 1 is 1.45 bits per heavy atom. The van der Waals surface area contributed by atoms with Gasteiger partial charge in [-0.15, -0.1) is 0 Å². The fourth-order valence-corrected chi connectivity index (χ4v) is 4.30. The lowest BCUT2D eigenvalue weighted by atomic mass is 10.1. The number of halogens is 2. The minimum absolute atomic E-state index is 0.00894. The van der Waals surface area contributed by atoms with Gasteiger partial charge in [-0.05, 0) is 42.0 Å². The van der Waals surface area contributed by atoms with Gasteiger partial charge in [0.15, 0.2) is 11.5 Å². The van der Waals surface area contributed by atoms with Gasteiger partial charge in [-0.2, -0.15) is 10.2 Å².